The van der Waals surface area contributed by atoms with Crippen LogP contribution >= 0.6 is 11.8 Å². The molecule has 1 saturated heterocycles. The molecule has 2 aromatic carbocycles. The summed E-state index contributed by atoms with van der Waals surface area (Å²) < 4.78 is 10.8. The normalized spacial score (nSPS) is 20.9. The fourth-order valence-corrected chi connectivity index (χ4v) is 6.45. The Balaban J connectivity index is 1.48. The number of anilines is 1. The van der Waals surface area contributed by atoms with E-state index in [1.165, 1.54) is 23.0 Å². The number of rotatable bonds is 7. The van der Waals surface area contributed by atoms with Gasteiger partial charge in [0.25, 0.3) is 5.91 Å². The van der Waals surface area contributed by atoms with E-state index < -0.39 is 0 Å². The molecule has 3 aromatic rings. The van der Waals surface area contributed by atoms with Crippen molar-refractivity contribution in [1.82, 2.24) is 4.90 Å². The first-order valence-corrected chi connectivity index (χ1v) is 14.0. The number of benzene rings is 2. The van der Waals surface area contributed by atoms with Gasteiger partial charge in [0.1, 0.15) is 11.5 Å². The van der Waals surface area contributed by atoms with E-state index in [1.54, 1.807) is 18.3 Å². The van der Waals surface area contributed by atoms with Crippen LogP contribution in [0, 0.1) is 0 Å². The summed E-state index contributed by atoms with van der Waals surface area (Å²) in [6.45, 7) is 10.6. The number of carbonyl (C=O) groups is 1. The topological polar surface area (TPSA) is 58.3 Å². The second-order valence-electron chi connectivity index (χ2n) is 10.6. The van der Waals surface area contributed by atoms with Crippen LogP contribution in [0.15, 0.2) is 75.2 Å². The number of fused-ring (bicyclic) bond motifs is 1. The van der Waals surface area contributed by atoms with E-state index in [0.29, 0.717) is 28.3 Å². The van der Waals surface area contributed by atoms with E-state index in [1.807, 2.05) is 42.5 Å². The van der Waals surface area contributed by atoms with Gasteiger partial charge in [0.2, 0.25) is 0 Å². The fraction of sp³-hybridized carbons (Fsp3) is 0.355. The van der Waals surface area contributed by atoms with Crippen molar-refractivity contribution in [2.24, 2.45) is 4.99 Å². The molecule has 2 aliphatic heterocycles. The number of thioether (sulfide) groups is 1. The summed E-state index contributed by atoms with van der Waals surface area (Å²) in [5.41, 5.74) is 4.57. The molecule has 7 heteroatoms. The molecule has 0 bridgehead atoms. The Labute approximate surface area is 229 Å². The lowest BCUT2D eigenvalue weighted by molar-refractivity contribution is -0.122. The maximum absolute atomic E-state index is 13.6. The van der Waals surface area contributed by atoms with Crippen molar-refractivity contribution in [2.75, 3.05) is 18.6 Å². The molecule has 0 saturated carbocycles. The Morgan fingerprint density at radius 3 is 2.66 bits per heavy atom. The van der Waals surface area contributed by atoms with Gasteiger partial charge in [0.15, 0.2) is 5.17 Å². The van der Waals surface area contributed by atoms with Crippen LogP contribution < -0.4 is 9.64 Å². The molecule has 1 atom stereocenters. The SMILES string of the molecule is CCCN1c2ccc(/C=C3/SC(=Nc4ccc(OC)cc4)N(Cc4ccco4)C3=O)cc2C(C)CC1(C)C. The lowest BCUT2D eigenvalue weighted by atomic mass is 9.79. The minimum Gasteiger partial charge on any atom is -0.497 e. The molecule has 1 aromatic heterocycles. The van der Waals surface area contributed by atoms with Crippen LogP contribution in [0.25, 0.3) is 6.08 Å². The van der Waals surface area contributed by atoms with Crippen LogP contribution in [0.1, 0.15) is 63.3 Å². The number of ether oxygens (including phenoxy) is 1. The Bertz CT molecular complexity index is 1360. The zero-order valence-corrected chi connectivity index (χ0v) is 23.5. The molecule has 198 valence electrons. The van der Waals surface area contributed by atoms with E-state index in [2.05, 4.69) is 50.8 Å². The third-order valence-corrected chi connectivity index (χ3v) is 8.24. The molecule has 0 N–H and O–H groups in total. The average molecular weight is 530 g/mol. The molecular formula is C31H35N3O3S. The number of aliphatic imine (C=N–C) groups is 1. The van der Waals surface area contributed by atoms with Gasteiger partial charge >= 0.3 is 0 Å². The standard InChI is InChI=1S/C31H35N3O3S/c1-6-15-34-27-14-9-22(17-26(27)21(2)19-31(34,3)4)18-28-29(35)33(20-25-8-7-16-37-25)30(38-28)32-23-10-12-24(36-5)13-11-23/h7-14,16-18,21H,6,15,19-20H2,1-5H3/b28-18+,32-30?. The lowest BCUT2D eigenvalue weighted by Crippen LogP contribution is -2.48. The number of hydrogen-bond acceptors (Lipinski definition) is 6. The van der Waals surface area contributed by atoms with Crippen LogP contribution in [0.3, 0.4) is 0 Å². The lowest BCUT2D eigenvalue weighted by Gasteiger charge is -2.47. The molecule has 6 nitrogen and oxygen atoms in total. The van der Waals surface area contributed by atoms with Gasteiger partial charge in [-0.1, -0.05) is 19.9 Å². The van der Waals surface area contributed by atoms with Crippen molar-refractivity contribution in [2.45, 2.75) is 58.5 Å². The fourth-order valence-electron chi connectivity index (χ4n) is 5.45. The predicted molar refractivity (Wildman–Crippen MR) is 156 cm³/mol. The van der Waals surface area contributed by atoms with E-state index in [-0.39, 0.29) is 11.4 Å². The highest BCUT2D eigenvalue weighted by Crippen LogP contribution is 2.44. The minimum atomic E-state index is -0.0711. The summed E-state index contributed by atoms with van der Waals surface area (Å²) in [7, 11) is 1.64. The average Bonchev–Trinajstić information content (AvgIpc) is 3.51. The Kier molecular flexibility index (Phi) is 7.39. The Morgan fingerprint density at radius 1 is 1.18 bits per heavy atom. The second-order valence-corrected chi connectivity index (χ2v) is 11.6. The smallest absolute Gasteiger partial charge is 0.267 e. The molecule has 0 aliphatic carbocycles. The first-order chi connectivity index (χ1) is 18.3. The van der Waals surface area contributed by atoms with Crippen molar-refractivity contribution in [3.05, 3.63) is 82.7 Å². The third kappa shape index (κ3) is 5.25. The molecule has 3 heterocycles. The molecule has 0 spiro atoms. The summed E-state index contributed by atoms with van der Waals surface area (Å²) >= 11 is 1.40. The Morgan fingerprint density at radius 2 is 1.97 bits per heavy atom. The van der Waals surface area contributed by atoms with Crippen LogP contribution in [0.4, 0.5) is 11.4 Å². The van der Waals surface area contributed by atoms with E-state index in [0.717, 1.165) is 36.4 Å². The van der Waals surface area contributed by atoms with Gasteiger partial charge in [0.05, 0.1) is 30.5 Å². The highest BCUT2D eigenvalue weighted by atomic mass is 32.2. The highest BCUT2D eigenvalue weighted by Gasteiger charge is 2.37. The summed E-state index contributed by atoms with van der Waals surface area (Å²) in [6.07, 6.45) is 5.83. The number of methoxy groups -OCH3 is 1. The number of amidine groups is 1. The summed E-state index contributed by atoms with van der Waals surface area (Å²) in [5, 5.41) is 0.630. The largest absolute Gasteiger partial charge is 0.497 e. The van der Waals surface area contributed by atoms with E-state index in [4.69, 9.17) is 14.1 Å². The molecule has 2 aliphatic rings. The number of hydrogen-bond donors (Lipinski definition) is 0. The van der Waals surface area contributed by atoms with Gasteiger partial charge in [-0.15, -0.1) is 0 Å². The van der Waals surface area contributed by atoms with Gasteiger partial charge in [-0.2, -0.15) is 0 Å². The molecule has 5 rings (SSSR count). The minimum absolute atomic E-state index is 0.0711. The van der Waals surface area contributed by atoms with Crippen molar-refractivity contribution < 1.29 is 13.9 Å². The zero-order chi connectivity index (χ0) is 26.9. The molecule has 1 fully saturated rings. The predicted octanol–water partition coefficient (Wildman–Crippen LogP) is 7.59. The first kappa shape index (κ1) is 26.2. The van der Waals surface area contributed by atoms with Gasteiger partial charge in [0, 0.05) is 17.8 Å². The van der Waals surface area contributed by atoms with Crippen LogP contribution in [-0.4, -0.2) is 35.2 Å². The highest BCUT2D eigenvalue weighted by molar-refractivity contribution is 8.18. The molecule has 1 amide bonds. The van der Waals surface area contributed by atoms with Crippen molar-refractivity contribution in [1.29, 1.82) is 0 Å². The van der Waals surface area contributed by atoms with Gasteiger partial charge < -0.3 is 14.1 Å². The van der Waals surface area contributed by atoms with Gasteiger partial charge in [-0.3, -0.25) is 9.69 Å². The van der Waals surface area contributed by atoms with E-state index >= 15 is 0 Å². The monoisotopic (exact) mass is 529 g/mol. The summed E-state index contributed by atoms with van der Waals surface area (Å²) in [4.78, 5) is 23.3. The third-order valence-electron chi connectivity index (χ3n) is 7.23. The maximum atomic E-state index is 13.6. The van der Waals surface area contributed by atoms with E-state index in [9.17, 15) is 4.79 Å². The second kappa shape index (κ2) is 10.7. The number of carbonyl (C=O) groups excluding carboxylic acids is 1. The molecule has 38 heavy (non-hydrogen) atoms. The number of furan rings is 1. The van der Waals surface area contributed by atoms with Gasteiger partial charge in [-0.25, -0.2) is 4.99 Å². The summed E-state index contributed by atoms with van der Waals surface area (Å²) in [6, 6.07) is 17.8. The Hall–Kier alpha value is -3.45. The van der Waals surface area contributed by atoms with Crippen molar-refractivity contribution in [3.8, 4) is 5.75 Å². The van der Waals surface area contributed by atoms with Crippen LogP contribution in [0.2, 0.25) is 0 Å². The number of nitrogens with zero attached hydrogens (tertiary/aromatic N) is 3. The first-order valence-electron chi connectivity index (χ1n) is 13.2. The van der Waals surface area contributed by atoms with Crippen molar-refractivity contribution >= 4 is 40.3 Å². The zero-order valence-electron chi connectivity index (χ0n) is 22.7. The maximum Gasteiger partial charge on any atom is 0.267 e. The quantitative estimate of drug-likeness (QED) is 0.295. The van der Waals surface area contributed by atoms with Crippen LogP contribution in [-0.2, 0) is 11.3 Å². The molecular weight excluding hydrogens is 494 g/mol. The van der Waals surface area contributed by atoms with Crippen molar-refractivity contribution in [3.63, 3.8) is 0 Å². The molecule has 1 unspecified atom stereocenters. The number of amides is 1. The summed E-state index contributed by atoms with van der Waals surface area (Å²) in [5.74, 6) is 1.85. The van der Waals surface area contributed by atoms with Gasteiger partial charge in [-0.05, 0) is 110 Å². The van der Waals surface area contributed by atoms with Crippen LogP contribution in [0.5, 0.6) is 5.75 Å². The molecule has 0 radical (unpaired) electrons.